The van der Waals surface area contributed by atoms with Crippen LogP contribution < -0.4 is 0 Å². The van der Waals surface area contributed by atoms with Crippen molar-refractivity contribution in [3.63, 3.8) is 0 Å². The van der Waals surface area contributed by atoms with Gasteiger partial charge in [-0.1, -0.05) is 15.9 Å². The molecular formula is C3H8Br2MgO2. The van der Waals surface area contributed by atoms with Crippen LogP contribution in [-0.4, -0.2) is 38.0 Å². The van der Waals surface area contributed by atoms with Crippen LogP contribution in [0.3, 0.4) is 0 Å². The molecule has 0 aromatic rings. The van der Waals surface area contributed by atoms with Crippen LogP contribution >= 0.6 is 31.9 Å². The minimum atomic E-state index is -0.0579. The number of carbonyl (C=O) groups is 1. The topological polar surface area (TPSA) is 48.6 Å². The number of hydrogen-bond acceptors (Lipinski definition) is 1. The Labute approximate surface area is 84.1 Å². The van der Waals surface area contributed by atoms with Crippen molar-refractivity contribution in [2.45, 2.75) is 11.8 Å². The summed E-state index contributed by atoms with van der Waals surface area (Å²) in [7, 11) is 0. The van der Waals surface area contributed by atoms with E-state index in [1.807, 2.05) is 0 Å². The van der Waals surface area contributed by atoms with Crippen LogP contribution in [0.2, 0.25) is 0 Å². The van der Waals surface area contributed by atoms with E-state index >= 15 is 0 Å². The summed E-state index contributed by atoms with van der Waals surface area (Å²) in [6.45, 7) is 1.76. The van der Waals surface area contributed by atoms with Gasteiger partial charge in [0.25, 0.3) is 0 Å². The smallest absolute Gasteiger partial charge is 1.00 e. The Morgan fingerprint density at radius 1 is 1.75 bits per heavy atom. The van der Waals surface area contributed by atoms with Gasteiger partial charge in [0, 0.05) is 0 Å². The maximum Gasteiger partial charge on any atom is 2.00 e. The van der Waals surface area contributed by atoms with E-state index in [-0.39, 0.29) is 40.9 Å². The fourth-order valence-electron chi connectivity index (χ4n) is 0. The Hall–Kier alpha value is 1.36. The monoisotopic (exact) mass is 258 g/mol. The van der Waals surface area contributed by atoms with Crippen molar-refractivity contribution in [1.29, 1.82) is 0 Å². The molecule has 0 amide bonds. The normalized spacial score (nSPS) is 10.4. The van der Waals surface area contributed by atoms with E-state index in [4.69, 9.17) is 0 Å². The maximum absolute atomic E-state index is 10.0. The van der Waals surface area contributed by atoms with E-state index in [1.54, 1.807) is 6.92 Å². The van der Waals surface area contributed by atoms with Gasteiger partial charge in [-0.25, -0.2) is 0 Å². The molecular weight excluding hydrogens is 252 g/mol. The third kappa shape index (κ3) is 10.4. The third-order valence-electron chi connectivity index (χ3n) is 0.313. The molecule has 0 aliphatic carbocycles. The van der Waals surface area contributed by atoms with Crippen LogP contribution in [0, 0.1) is 0 Å². The average Bonchev–Trinajstić information content (AvgIpc) is 1.36. The number of carbonyl (C=O) groups excluding carboxylic acids is 1. The second-order valence-corrected chi connectivity index (χ2v) is 3.08. The van der Waals surface area contributed by atoms with Crippen LogP contribution in [0.4, 0.5) is 0 Å². The Bertz CT molecular complexity index is 73.5. The molecule has 0 aliphatic rings. The zero-order chi connectivity index (χ0) is 5.15. The molecule has 1 atom stereocenters. The number of rotatable bonds is 1. The van der Waals surface area contributed by atoms with Crippen LogP contribution in [0.5, 0.6) is 0 Å². The SMILES string of the molecule is CC(Br)C(=O)Br.O.[H-].[H-].[Mg+2]. The molecule has 8 heavy (non-hydrogen) atoms. The number of alkyl halides is 1. The second-order valence-electron chi connectivity index (χ2n) is 0.920. The van der Waals surface area contributed by atoms with Gasteiger partial charge in [0.1, 0.15) is 0 Å². The van der Waals surface area contributed by atoms with E-state index in [0.29, 0.717) is 0 Å². The molecule has 5 heteroatoms. The molecule has 0 spiro atoms. The van der Waals surface area contributed by atoms with Crippen molar-refractivity contribution in [3.8, 4) is 0 Å². The zero-order valence-electron chi connectivity index (χ0n) is 6.45. The Morgan fingerprint density at radius 3 is 1.88 bits per heavy atom. The molecule has 0 aromatic carbocycles. The predicted octanol–water partition coefficient (Wildman–Crippen LogP) is 0.711. The summed E-state index contributed by atoms with van der Waals surface area (Å²) >= 11 is 5.80. The molecule has 1 unspecified atom stereocenters. The molecule has 2 nitrogen and oxygen atoms in total. The summed E-state index contributed by atoms with van der Waals surface area (Å²) in [6.07, 6.45) is 0. The standard InChI is InChI=1S/C3H4Br2O.Mg.H2O.2H/c1-2(4)3(5)6;;;;/h2H,1H3;;1H2;;/q;+2;;2*-1. The minimum Gasteiger partial charge on any atom is -1.00 e. The molecule has 2 N–H and O–H groups in total. The molecule has 0 aliphatic heterocycles. The van der Waals surface area contributed by atoms with Crippen molar-refractivity contribution < 1.29 is 13.1 Å². The fourth-order valence-corrected chi connectivity index (χ4v) is 0. The first-order valence-corrected chi connectivity index (χ1v) is 3.19. The van der Waals surface area contributed by atoms with Crippen molar-refractivity contribution in [2.24, 2.45) is 0 Å². The summed E-state index contributed by atoms with van der Waals surface area (Å²) in [5.41, 5.74) is 0. The van der Waals surface area contributed by atoms with Crippen LogP contribution in [0.1, 0.15) is 9.78 Å². The Morgan fingerprint density at radius 2 is 1.88 bits per heavy atom. The van der Waals surface area contributed by atoms with Crippen molar-refractivity contribution in [3.05, 3.63) is 0 Å². The summed E-state index contributed by atoms with van der Waals surface area (Å²) < 4.78 is -0.0116. The van der Waals surface area contributed by atoms with E-state index in [0.717, 1.165) is 0 Å². The first-order valence-electron chi connectivity index (χ1n) is 1.48. The van der Waals surface area contributed by atoms with Crippen LogP contribution in [-0.2, 0) is 4.79 Å². The average molecular weight is 260 g/mol. The Kier molecular flexibility index (Phi) is 16.9. The van der Waals surface area contributed by atoms with Gasteiger partial charge >= 0.3 is 23.1 Å². The van der Waals surface area contributed by atoms with Gasteiger partial charge in [-0.2, -0.15) is 0 Å². The van der Waals surface area contributed by atoms with Gasteiger partial charge in [-0.15, -0.1) is 0 Å². The van der Waals surface area contributed by atoms with E-state index < -0.39 is 0 Å². The molecule has 0 rings (SSSR count). The zero-order valence-corrected chi connectivity index (χ0v) is 9.03. The van der Waals surface area contributed by atoms with Gasteiger partial charge in [-0.05, 0) is 22.9 Å². The van der Waals surface area contributed by atoms with Crippen molar-refractivity contribution >= 4 is 59.6 Å². The minimum absolute atomic E-state index is 0. The van der Waals surface area contributed by atoms with Crippen LogP contribution in [0.15, 0.2) is 0 Å². The van der Waals surface area contributed by atoms with Gasteiger partial charge in [-0.3, -0.25) is 4.79 Å². The van der Waals surface area contributed by atoms with Gasteiger partial charge < -0.3 is 8.33 Å². The second kappa shape index (κ2) is 8.36. The molecule has 0 heterocycles. The first-order chi connectivity index (χ1) is 2.64. The summed E-state index contributed by atoms with van der Waals surface area (Å²) in [5.74, 6) is 0. The predicted molar refractivity (Wildman–Crippen MR) is 43.9 cm³/mol. The summed E-state index contributed by atoms with van der Waals surface area (Å²) in [5, 5.41) is 0. The van der Waals surface area contributed by atoms with E-state index in [2.05, 4.69) is 31.9 Å². The number of hydrogen-bond donors (Lipinski definition) is 0. The molecule has 0 aromatic heterocycles. The first kappa shape index (κ1) is 16.2. The summed E-state index contributed by atoms with van der Waals surface area (Å²) in [6, 6.07) is 0. The summed E-state index contributed by atoms with van der Waals surface area (Å²) in [4.78, 5) is 9.96. The molecule has 0 saturated heterocycles. The maximum atomic E-state index is 10.0. The van der Waals surface area contributed by atoms with E-state index in [1.165, 1.54) is 0 Å². The molecule has 0 radical (unpaired) electrons. The third-order valence-corrected chi connectivity index (χ3v) is 2.03. The molecule has 0 saturated carbocycles. The molecule has 48 valence electrons. The molecule has 0 bridgehead atoms. The fraction of sp³-hybridized carbons (Fsp3) is 0.667. The van der Waals surface area contributed by atoms with Crippen molar-refractivity contribution in [1.82, 2.24) is 0 Å². The van der Waals surface area contributed by atoms with Crippen LogP contribution in [0.25, 0.3) is 0 Å². The largest absolute Gasteiger partial charge is 2.00 e. The van der Waals surface area contributed by atoms with E-state index in [9.17, 15) is 4.79 Å². The van der Waals surface area contributed by atoms with Gasteiger partial charge in [0.05, 0.1) is 4.83 Å². The van der Waals surface area contributed by atoms with Gasteiger partial charge in [0.15, 0.2) is 0 Å². The molecule has 0 fully saturated rings. The quantitative estimate of drug-likeness (QED) is 0.389. The number of halogens is 2. The van der Waals surface area contributed by atoms with Gasteiger partial charge in [0.2, 0.25) is 4.69 Å². The van der Waals surface area contributed by atoms with Crippen molar-refractivity contribution in [2.75, 3.05) is 0 Å². The Balaban J connectivity index is -0.0000000208.